The zero-order valence-corrected chi connectivity index (χ0v) is 11.4. The standard InChI is InChI=1S/C13H23N5/c1-11(9-10-18(2)3)15-13(17-14)16-12-7-5-4-6-8-12/h4-8,11H,9-10,14H2,1-3H3,(H2,15,16,17). The zero-order chi connectivity index (χ0) is 13.4. The third-order valence-electron chi connectivity index (χ3n) is 2.52. The molecule has 0 bridgehead atoms. The number of hydrogen-bond acceptors (Lipinski definition) is 3. The molecule has 100 valence electrons. The molecule has 1 aromatic rings. The van der Waals surface area contributed by atoms with E-state index < -0.39 is 0 Å². The lowest BCUT2D eigenvalue weighted by molar-refractivity contribution is 0.386. The fourth-order valence-corrected chi connectivity index (χ4v) is 1.49. The maximum atomic E-state index is 5.47. The van der Waals surface area contributed by atoms with Crippen molar-refractivity contribution in [3.05, 3.63) is 30.3 Å². The average Bonchev–Trinajstić information content (AvgIpc) is 2.37. The topological polar surface area (TPSA) is 65.7 Å². The van der Waals surface area contributed by atoms with Crippen molar-refractivity contribution in [3.8, 4) is 0 Å². The first-order chi connectivity index (χ1) is 8.61. The van der Waals surface area contributed by atoms with Gasteiger partial charge in [0.2, 0.25) is 5.96 Å². The molecule has 0 spiro atoms. The van der Waals surface area contributed by atoms with E-state index in [0.717, 1.165) is 18.7 Å². The summed E-state index contributed by atoms with van der Waals surface area (Å²) in [5.74, 6) is 6.06. The zero-order valence-electron chi connectivity index (χ0n) is 11.4. The summed E-state index contributed by atoms with van der Waals surface area (Å²) in [6.07, 6.45) is 0.995. The van der Waals surface area contributed by atoms with Gasteiger partial charge in [-0.05, 0) is 46.1 Å². The molecule has 0 saturated heterocycles. The molecule has 4 N–H and O–H groups in total. The van der Waals surface area contributed by atoms with Crippen LogP contribution in [0.2, 0.25) is 0 Å². The Labute approximate surface area is 109 Å². The van der Waals surface area contributed by atoms with E-state index in [1.807, 2.05) is 30.3 Å². The maximum absolute atomic E-state index is 5.47. The van der Waals surface area contributed by atoms with E-state index >= 15 is 0 Å². The quantitative estimate of drug-likeness (QED) is 0.318. The normalized spacial score (nSPS) is 13.5. The number of nitrogens with one attached hydrogen (secondary N) is 2. The molecule has 5 nitrogen and oxygen atoms in total. The molecular formula is C13H23N5. The first-order valence-electron chi connectivity index (χ1n) is 6.13. The highest BCUT2D eigenvalue weighted by Gasteiger charge is 2.03. The van der Waals surface area contributed by atoms with Gasteiger partial charge in [-0.15, -0.1) is 0 Å². The van der Waals surface area contributed by atoms with Crippen LogP contribution in [0.15, 0.2) is 35.3 Å². The molecule has 0 heterocycles. The van der Waals surface area contributed by atoms with Crippen LogP contribution in [0.25, 0.3) is 0 Å². The molecule has 0 aliphatic rings. The fourth-order valence-electron chi connectivity index (χ4n) is 1.49. The molecule has 0 fully saturated rings. The number of benzene rings is 1. The predicted molar refractivity (Wildman–Crippen MR) is 77.5 cm³/mol. The van der Waals surface area contributed by atoms with Crippen molar-refractivity contribution < 1.29 is 0 Å². The van der Waals surface area contributed by atoms with Gasteiger partial charge >= 0.3 is 0 Å². The lowest BCUT2D eigenvalue weighted by Crippen LogP contribution is -2.37. The second-order valence-corrected chi connectivity index (χ2v) is 4.55. The highest BCUT2D eigenvalue weighted by molar-refractivity contribution is 5.93. The molecule has 0 aromatic heterocycles. The van der Waals surface area contributed by atoms with Gasteiger partial charge in [0, 0.05) is 5.69 Å². The smallest absolute Gasteiger partial charge is 0.210 e. The Morgan fingerprint density at radius 3 is 2.56 bits per heavy atom. The molecule has 1 aromatic carbocycles. The number of nitrogens with zero attached hydrogens (tertiary/aromatic N) is 2. The number of aliphatic imine (C=N–C) groups is 1. The lowest BCUT2D eigenvalue weighted by Gasteiger charge is -2.14. The minimum absolute atomic E-state index is 0.217. The summed E-state index contributed by atoms with van der Waals surface area (Å²) in [6, 6.07) is 10.1. The molecule has 1 atom stereocenters. The van der Waals surface area contributed by atoms with E-state index in [-0.39, 0.29) is 6.04 Å². The van der Waals surface area contributed by atoms with Crippen molar-refractivity contribution >= 4 is 11.6 Å². The molecule has 0 amide bonds. The Balaban J connectivity index is 2.54. The third kappa shape index (κ3) is 5.65. The van der Waals surface area contributed by atoms with Crippen LogP contribution < -0.4 is 16.6 Å². The van der Waals surface area contributed by atoms with Gasteiger partial charge in [-0.25, -0.2) is 10.8 Å². The second kappa shape index (κ2) is 7.68. The van der Waals surface area contributed by atoms with Crippen LogP contribution in [0.4, 0.5) is 5.69 Å². The molecule has 0 aliphatic carbocycles. The van der Waals surface area contributed by atoms with E-state index in [9.17, 15) is 0 Å². The van der Waals surface area contributed by atoms with Crippen LogP contribution in [0.3, 0.4) is 0 Å². The van der Waals surface area contributed by atoms with Crippen molar-refractivity contribution in [3.63, 3.8) is 0 Å². The van der Waals surface area contributed by atoms with Crippen molar-refractivity contribution in [2.45, 2.75) is 19.4 Å². The average molecular weight is 249 g/mol. The summed E-state index contributed by atoms with van der Waals surface area (Å²) in [4.78, 5) is 6.65. The highest BCUT2D eigenvalue weighted by Crippen LogP contribution is 2.05. The van der Waals surface area contributed by atoms with Crippen LogP contribution in [-0.4, -0.2) is 37.5 Å². The van der Waals surface area contributed by atoms with E-state index in [1.54, 1.807) is 0 Å². The van der Waals surface area contributed by atoms with Crippen molar-refractivity contribution in [2.24, 2.45) is 10.8 Å². The summed E-state index contributed by atoms with van der Waals surface area (Å²) >= 11 is 0. The summed E-state index contributed by atoms with van der Waals surface area (Å²) < 4.78 is 0. The Morgan fingerprint density at radius 1 is 1.33 bits per heavy atom. The number of para-hydroxylation sites is 1. The first kappa shape index (κ1) is 14.5. The molecule has 0 radical (unpaired) electrons. The molecule has 1 rings (SSSR count). The van der Waals surface area contributed by atoms with Gasteiger partial charge in [-0.1, -0.05) is 18.2 Å². The summed E-state index contributed by atoms with van der Waals surface area (Å²) in [5, 5.41) is 3.15. The molecular weight excluding hydrogens is 226 g/mol. The van der Waals surface area contributed by atoms with Gasteiger partial charge < -0.3 is 10.2 Å². The molecule has 5 heteroatoms. The van der Waals surface area contributed by atoms with Gasteiger partial charge in [0.1, 0.15) is 0 Å². The van der Waals surface area contributed by atoms with E-state index in [0.29, 0.717) is 5.96 Å². The van der Waals surface area contributed by atoms with Gasteiger partial charge in [-0.3, -0.25) is 5.43 Å². The Kier molecular flexibility index (Phi) is 6.18. The molecule has 0 saturated carbocycles. The maximum Gasteiger partial charge on any atom is 0.210 e. The lowest BCUT2D eigenvalue weighted by atomic mass is 10.2. The number of hydrazine groups is 1. The monoisotopic (exact) mass is 249 g/mol. The van der Waals surface area contributed by atoms with Crippen LogP contribution in [0.5, 0.6) is 0 Å². The van der Waals surface area contributed by atoms with Gasteiger partial charge in [0.05, 0.1) is 6.04 Å². The predicted octanol–water partition coefficient (Wildman–Crippen LogP) is 1.26. The Morgan fingerprint density at radius 2 is 2.00 bits per heavy atom. The van der Waals surface area contributed by atoms with Crippen LogP contribution >= 0.6 is 0 Å². The highest BCUT2D eigenvalue weighted by atomic mass is 15.3. The fraction of sp³-hybridized carbons (Fsp3) is 0.462. The molecule has 18 heavy (non-hydrogen) atoms. The van der Waals surface area contributed by atoms with Gasteiger partial charge in [0.15, 0.2) is 0 Å². The molecule has 1 unspecified atom stereocenters. The number of hydrogen-bond donors (Lipinski definition) is 3. The van der Waals surface area contributed by atoms with E-state index in [1.165, 1.54) is 0 Å². The Bertz CT molecular complexity index is 361. The van der Waals surface area contributed by atoms with Crippen LogP contribution in [-0.2, 0) is 0 Å². The Hall–Kier alpha value is -1.59. The summed E-state index contributed by atoms with van der Waals surface area (Å²) in [6.45, 7) is 3.08. The SMILES string of the molecule is CC(CCN(C)C)N=C(NN)Nc1ccccc1. The number of guanidine groups is 1. The minimum Gasteiger partial charge on any atom is -0.325 e. The first-order valence-corrected chi connectivity index (χ1v) is 6.13. The number of nitrogens with two attached hydrogens (primary N) is 1. The van der Waals surface area contributed by atoms with Crippen LogP contribution in [0.1, 0.15) is 13.3 Å². The summed E-state index contributed by atoms with van der Waals surface area (Å²) in [7, 11) is 4.11. The largest absolute Gasteiger partial charge is 0.325 e. The van der Waals surface area contributed by atoms with E-state index in [4.69, 9.17) is 5.84 Å². The van der Waals surface area contributed by atoms with E-state index in [2.05, 4.69) is 41.7 Å². The van der Waals surface area contributed by atoms with Crippen molar-refractivity contribution in [2.75, 3.05) is 26.0 Å². The van der Waals surface area contributed by atoms with Gasteiger partial charge in [0.25, 0.3) is 0 Å². The van der Waals surface area contributed by atoms with Gasteiger partial charge in [-0.2, -0.15) is 0 Å². The number of rotatable bonds is 5. The van der Waals surface area contributed by atoms with Crippen LogP contribution in [0, 0.1) is 0 Å². The minimum atomic E-state index is 0.217. The second-order valence-electron chi connectivity index (χ2n) is 4.55. The van der Waals surface area contributed by atoms with Crippen molar-refractivity contribution in [1.29, 1.82) is 0 Å². The summed E-state index contributed by atoms with van der Waals surface area (Å²) in [5.41, 5.74) is 3.56. The number of anilines is 1. The third-order valence-corrected chi connectivity index (χ3v) is 2.52. The molecule has 0 aliphatic heterocycles. The van der Waals surface area contributed by atoms with Crippen molar-refractivity contribution in [1.82, 2.24) is 10.3 Å².